The van der Waals surface area contributed by atoms with E-state index in [-0.39, 0.29) is 11.2 Å². The minimum absolute atomic E-state index is 0.0729. The number of hydrogen-bond acceptors (Lipinski definition) is 5. The smallest absolute Gasteiger partial charge is 0.232 e. The number of piperazine rings is 1. The van der Waals surface area contributed by atoms with E-state index in [9.17, 15) is 4.39 Å². The molecule has 0 amide bonds. The number of halogens is 2. The number of rotatable bonds is 6. The van der Waals surface area contributed by atoms with Gasteiger partial charge in [0.05, 0.1) is 0 Å². The van der Waals surface area contributed by atoms with Gasteiger partial charge in [-0.2, -0.15) is 4.98 Å². The Morgan fingerprint density at radius 2 is 1.59 bits per heavy atom. The van der Waals surface area contributed by atoms with E-state index in [1.807, 2.05) is 18.2 Å². The highest BCUT2D eigenvalue weighted by molar-refractivity contribution is 7.80. The lowest BCUT2D eigenvalue weighted by Gasteiger charge is -2.38. The first kappa shape index (κ1) is 25.7. The molecule has 2 N–H and O–H groups in total. The van der Waals surface area contributed by atoms with Crippen molar-refractivity contribution in [1.82, 2.24) is 15.3 Å². The van der Waals surface area contributed by atoms with Crippen molar-refractivity contribution in [2.45, 2.75) is 37.5 Å². The largest absolute Gasteiger partial charge is 0.368 e. The molecule has 1 aromatic heterocycles. The maximum atomic E-state index is 13.6. The van der Waals surface area contributed by atoms with Crippen LogP contribution in [0.4, 0.5) is 21.8 Å². The van der Waals surface area contributed by atoms with Crippen LogP contribution in [0.2, 0.25) is 5.15 Å². The Hall–Kier alpha value is -2.97. The van der Waals surface area contributed by atoms with Crippen LogP contribution in [0.3, 0.4) is 0 Å². The fraction of sp³-hybridized carbons (Fsp3) is 0.393. The third-order valence-corrected chi connectivity index (χ3v) is 7.93. The molecule has 194 valence electrons. The third kappa shape index (κ3) is 6.30. The Balaban J connectivity index is 1.21. The Labute approximate surface area is 228 Å². The average Bonchev–Trinajstić information content (AvgIpc) is 2.93. The van der Waals surface area contributed by atoms with E-state index >= 15 is 0 Å². The molecule has 1 saturated heterocycles. The van der Waals surface area contributed by atoms with Gasteiger partial charge in [-0.1, -0.05) is 61.2 Å². The van der Waals surface area contributed by atoms with Gasteiger partial charge in [0, 0.05) is 49.9 Å². The fourth-order valence-corrected chi connectivity index (χ4v) is 5.79. The summed E-state index contributed by atoms with van der Waals surface area (Å²) in [5.74, 6) is 0.952. The van der Waals surface area contributed by atoms with Crippen LogP contribution < -0.4 is 20.4 Å². The predicted molar refractivity (Wildman–Crippen MR) is 153 cm³/mol. The summed E-state index contributed by atoms with van der Waals surface area (Å²) in [5, 5.41) is 7.34. The van der Waals surface area contributed by atoms with Crippen LogP contribution in [0, 0.1) is 5.82 Å². The normalized spacial score (nSPS) is 17.4. The zero-order valence-corrected chi connectivity index (χ0v) is 22.4. The molecule has 2 aromatic carbocycles. The molecular formula is C28H32ClFN6S. The minimum Gasteiger partial charge on any atom is -0.368 e. The van der Waals surface area contributed by atoms with Crippen LogP contribution in [0.5, 0.6) is 0 Å². The van der Waals surface area contributed by atoms with Crippen molar-refractivity contribution in [3.05, 3.63) is 77.2 Å². The first-order valence-electron chi connectivity index (χ1n) is 12.9. The molecular weight excluding hydrogens is 507 g/mol. The Morgan fingerprint density at radius 3 is 2.30 bits per heavy atom. The fourth-order valence-electron chi connectivity index (χ4n) is 5.45. The van der Waals surface area contributed by atoms with Gasteiger partial charge in [-0.15, -0.1) is 0 Å². The van der Waals surface area contributed by atoms with Gasteiger partial charge in [0.15, 0.2) is 5.11 Å². The number of nitrogens with one attached hydrogen (secondary N) is 2. The lowest BCUT2D eigenvalue weighted by molar-refractivity contribution is 0.292. The zero-order valence-electron chi connectivity index (χ0n) is 20.8. The second kappa shape index (κ2) is 11.6. The van der Waals surface area contributed by atoms with E-state index in [4.69, 9.17) is 28.8 Å². The molecule has 5 rings (SSSR count). The summed E-state index contributed by atoms with van der Waals surface area (Å²) in [7, 11) is 0. The molecule has 0 spiro atoms. The van der Waals surface area contributed by atoms with Crippen molar-refractivity contribution in [3.63, 3.8) is 0 Å². The lowest BCUT2D eigenvalue weighted by Crippen LogP contribution is -2.47. The zero-order chi connectivity index (χ0) is 25.7. The molecule has 2 aliphatic rings. The summed E-state index contributed by atoms with van der Waals surface area (Å²) >= 11 is 12.0. The van der Waals surface area contributed by atoms with Crippen molar-refractivity contribution in [2.24, 2.45) is 0 Å². The van der Waals surface area contributed by atoms with Crippen LogP contribution in [0.15, 0.2) is 60.7 Å². The molecule has 0 bridgehead atoms. The SMILES string of the molecule is Fc1ccc(C2(CNC(=S)Nc3nc(Cl)cc(N4CCN(c5ccccc5)CC4)n3)CCCCC2)cc1. The number of aromatic nitrogens is 2. The maximum absolute atomic E-state index is 13.6. The second-order valence-electron chi connectivity index (χ2n) is 9.84. The van der Waals surface area contributed by atoms with Crippen LogP contribution in [-0.4, -0.2) is 47.8 Å². The van der Waals surface area contributed by atoms with E-state index in [0.717, 1.165) is 63.2 Å². The van der Waals surface area contributed by atoms with Crippen LogP contribution in [-0.2, 0) is 5.41 Å². The molecule has 1 aliphatic heterocycles. The monoisotopic (exact) mass is 538 g/mol. The molecule has 0 atom stereocenters. The van der Waals surface area contributed by atoms with Crippen molar-refractivity contribution in [3.8, 4) is 0 Å². The maximum Gasteiger partial charge on any atom is 0.232 e. The van der Waals surface area contributed by atoms with Gasteiger partial charge < -0.3 is 20.4 Å². The standard InChI is InChI=1S/C28H32ClFN6S/c29-24-19-25(36-17-15-35(16-18-36)23-7-3-1-4-8-23)33-26(32-24)34-27(37)31-20-28(13-5-2-6-14-28)21-9-11-22(30)12-10-21/h1,3-4,7-12,19H,2,5-6,13-18,20H2,(H2,31,32,33,34,37). The van der Waals surface area contributed by atoms with Gasteiger partial charge in [-0.05, 0) is 54.9 Å². The molecule has 0 radical (unpaired) electrons. The third-order valence-electron chi connectivity index (χ3n) is 7.49. The quantitative estimate of drug-likeness (QED) is 0.304. The van der Waals surface area contributed by atoms with E-state index in [1.165, 1.54) is 12.1 Å². The number of anilines is 3. The number of benzene rings is 2. The summed E-state index contributed by atoms with van der Waals surface area (Å²) < 4.78 is 13.6. The van der Waals surface area contributed by atoms with E-state index in [0.29, 0.717) is 22.8 Å². The van der Waals surface area contributed by atoms with Crippen LogP contribution >= 0.6 is 23.8 Å². The minimum atomic E-state index is -0.213. The van der Waals surface area contributed by atoms with Gasteiger partial charge in [0.25, 0.3) is 0 Å². The van der Waals surface area contributed by atoms with Gasteiger partial charge >= 0.3 is 0 Å². The summed E-state index contributed by atoms with van der Waals surface area (Å²) in [6, 6.07) is 19.1. The molecule has 2 fully saturated rings. The Morgan fingerprint density at radius 1 is 0.919 bits per heavy atom. The topological polar surface area (TPSA) is 56.3 Å². The first-order valence-corrected chi connectivity index (χ1v) is 13.7. The second-order valence-corrected chi connectivity index (χ2v) is 10.6. The number of nitrogens with zero attached hydrogens (tertiary/aromatic N) is 4. The summed E-state index contributed by atoms with van der Waals surface area (Å²) in [4.78, 5) is 13.7. The van der Waals surface area contributed by atoms with E-state index in [1.54, 1.807) is 18.2 Å². The summed E-state index contributed by atoms with van der Waals surface area (Å²) in [5.41, 5.74) is 2.31. The summed E-state index contributed by atoms with van der Waals surface area (Å²) in [6.45, 7) is 4.15. The van der Waals surface area contributed by atoms with Crippen molar-refractivity contribution < 1.29 is 4.39 Å². The number of thiocarbonyl (C=S) groups is 1. The molecule has 2 heterocycles. The van der Waals surface area contributed by atoms with Crippen LogP contribution in [0.25, 0.3) is 0 Å². The molecule has 0 unspecified atom stereocenters. The Bertz CT molecular complexity index is 1200. The summed E-state index contributed by atoms with van der Waals surface area (Å²) in [6.07, 6.45) is 5.61. The van der Waals surface area contributed by atoms with Gasteiger partial charge in [-0.25, -0.2) is 9.37 Å². The Kier molecular flexibility index (Phi) is 8.05. The molecule has 3 aromatic rings. The molecule has 1 aliphatic carbocycles. The van der Waals surface area contributed by atoms with E-state index < -0.39 is 0 Å². The van der Waals surface area contributed by atoms with Gasteiger partial charge in [-0.3, -0.25) is 0 Å². The predicted octanol–water partition coefficient (Wildman–Crippen LogP) is 5.78. The molecule has 37 heavy (non-hydrogen) atoms. The van der Waals surface area contributed by atoms with Crippen molar-refractivity contribution >= 4 is 46.4 Å². The van der Waals surface area contributed by atoms with Gasteiger partial charge in [0.1, 0.15) is 16.8 Å². The number of hydrogen-bond donors (Lipinski definition) is 2. The number of para-hydroxylation sites is 1. The van der Waals surface area contributed by atoms with Crippen molar-refractivity contribution in [2.75, 3.05) is 47.8 Å². The highest BCUT2D eigenvalue weighted by Gasteiger charge is 2.34. The van der Waals surface area contributed by atoms with Gasteiger partial charge in [0.2, 0.25) is 5.95 Å². The average molecular weight is 539 g/mol. The highest BCUT2D eigenvalue weighted by Crippen LogP contribution is 2.39. The highest BCUT2D eigenvalue weighted by atomic mass is 35.5. The van der Waals surface area contributed by atoms with E-state index in [2.05, 4.69) is 49.7 Å². The lowest BCUT2D eigenvalue weighted by atomic mass is 9.69. The molecule has 9 heteroatoms. The van der Waals surface area contributed by atoms with Crippen molar-refractivity contribution in [1.29, 1.82) is 0 Å². The van der Waals surface area contributed by atoms with Crippen LogP contribution in [0.1, 0.15) is 37.7 Å². The first-order chi connectivity index (χ1) is 18.0. The molecule has 6 nitrogen and oxygen atoms in total. The molecule has 1 saturated carbocycles.